The van der Waals surface area contributed by atoms with Crippen LogP contribution in [-0.4, -0.2) is 73.8 Å². The van der Waals surface area contributed by atoms with Crippen molar-refractivity contribution in [2.45, 2.75) is 31.4 Å². The molecule has 1 heterocycles. The smallest absolute Gasteiger partial charge is 0.0791 e. The molecule has 102 valence electrons. The zero-order valence-electron chi connectivity index (χ0n) is 10.8. The van der Waals surface area contributed by atoms with E-state index in [1.54, 1.807) is 7.11 Å². The van der Waals surface area contributed by atoms with Gasteiger partial charge in [-0.1, -0.05) is 0 Å². The van der Waals surface area contributed by atoms with Crippen LogP contribution in [0, 0.1) is 0 Å². The van der Waals surface area contributed by atoms with Crippen LogP contribution >= 0.6 is 0 Å². The van der Waals surface area contributed by atoms with Crippen molar-refractivity contribution in [3.63, 3.8) is 0 Å². The third-order valence-corrected chi connectivity index (χ3v) is 3.16. The molecular weight excluding hydrogens is 220 g/mol. The summed E-state index contributed by atoms with van der Waals surface area (Å²) in [7, 11) is 1.65. The van der Waals surface area contributed by atoms with E-state index in [-0.39, 0.29) is 18.8 Å². The largest absolute Gasteiger partial charge is 0.396 e. The number of ether oxygens (including phenoxy) is 1. The Labute approximate surface area is 104 Å². The Hall–Kier alpha value is -0.200. The summed E-state index contributed by atoms with van der Waals surface area (Å²) >= 11 is 0. The molecule has 0 aromatic carbocycles. The van der Waals surface area contributed by atoms with Gasteiger partial charge in [-0.2, -0.15) is 0 Å². The molecule has 0 spiro atoms. The second-order valence-corrected chi connectivity index (χ2v) is 4.73. The number of methoxy groups -OCH3 is 1. The Bertz CT molecular complexity index is 181. The van der Waals surface area contributed by atoms with Gasteiger partial charge in [-0.05, 0) is 32.4 Å². The van der Waals surface area contributed by atoms with Crippen molar-refractivity contribution in [3.8, 4) is 0 Å². The van der Waals surface area contributed by atoms with E-state index in [1.165, 1.54) is 12.8 Å². The normalized spacial score (nSPS) is 20.6. The van der Waals surface area contributed by atoms with Crippen LogP contribution in [0.25, 0.3) is 0 Å². The third-order valence-electron chi connectivity index (χ3n) is 3.16. The van der Waals surface area contributed by atoms with Gasteiger partial charge in [0.25, 0.3) is 0 Å². The van der Waals surface area contributed by atoms with Gasteiger partial charge >= 0.3 is 0 Å². The number of nitrogens with zero attached hydrogens (tertiary/aromatic N) is 1. The first-order valence-corrected chi connectivity index (χ1v) is 6.50. The van der Waals surface area contributed by atoms with Gasteiger partial charge in [0.15, 0.2) is 0 Å². The quantitative estimate of drug-likeness (QED) is 0.508. The summed E-state index contributed by atoms with van der Waals surface area (Å²) in [6, 6.07) is 0.123. The third kappa shape index (κ3) is 6.33. The Morgan fingerprint density at radius 3 is 2.65 bits per heavy atom. The van der Waals surface area contributed by atoms with Gasteiger partial charge in [-0.25, -0.2) is 0 Å². The number of likely N-dealkylation sites (tertiary alicyclic amines) is 1. The van der Waals surface area contributed by atoms with E-state index in [0.717, 1.165) is 19.6 Å². The van der Waals surface area contributed by atoms with E-state index in [1.807, 2.05) is 0 Å². The zero-order valence-corrected chi connectivity index (χ0v) is 10.8. The summed E-state index contributed by atoms with van der Waals surface area (Å²) < 4.78 is 5.06. The molecular formula is C12H26N2O3. The monoisotopic (exact) mass is 246 g/mol. The number of β-amino-alcohol motifs (C(OH)–C–C–N with tert-alkyl or cyclic N) is 1. The fourth-order valence-electron chi connectivity index (χ4n) is 2.23. The van der Waals surface area contributed by atoms with Gasteiger partial charge in [0, 0.05) is 32.8 Å². The molecule has 1 aliphatic heterocycles. The zero-order chi connectivity index (χ0) is 12.5. The lowest BCUT2D eigenvalue weighted by atomic mass is 10.2. The van der Waals surface area contributed by atoms with E-state index in [0.29, 0.717) is 19.6 Å². The summed E-state index contributed by atoms with van der Waals surface area (Å²) in [5.41, 5.74) is 0. The van der Waals surface area contributed by atoms with E-state index in [9.17, 15) is 5.11 Å². The van der Waals surface area contributed by atoms with Crippen molar-refractivity contribution in [2.24, 2.45) is 0 Å². The van der Waals surface area contributed by atoms with E-state index < -0.39 is 0 Å². The number of rotatable bonds is 9. The van der Waals surface area contributed by atoms with Crippen LogP contribution in [0.5, 0.6) is 0 Å². The number of nitrogens with one attached hydrogen (secondary N) is 1. The van der Waals surface area contributed by atoms with Crippen LogP contribution in [-0.2, 0) is 4.74 Å². The van der Waals surface area contributed by atoms with Crippen molar-refractivity contribution in [3.05, 3.63) is 0 Å². The van der Waals surface area contributed by atoms with Crippen LogP contribution in [0.1, 0.15) is 19.3 Å². The first-order valence-electron chi connectivity index (χ1n) is 6.50. The van der Waals surface area contributed by atoms with Crippen molar-refractivity contribution >= 4 is 0 Å². The van der Waals surface area contributed by atoms with Crippen LogP contribution in [0.2, 0.25) is 0 Å². The second-order valence-electron chi connectivity index (χ2n) is 4.73. The van der Waals surface area contributed by atoms with Crippen molar-refractivity contribution in [1.29, 1.82) is 0 Å². The molecule has 17 heavy (non-hydrogen) atoms. The molecule has 5 heteroatoms. The fraction of sp³-hybridized carbons (Fsp3) is 1.00. The second kappa shape index (κ2) is 8.83. The average Bonchev–Trinajstić information content (AvgIpc) is 2.79. The van der Waals surface area contributed by atoms with Crippen LogP contribution < -0.4 is 5.32 Å². The molecule has 5 nitrogen and oxygen atoms in total. The summed E-state index contributed by atoms with van der Waals surface area (Å²) in [6.45, 7) is 4.22. The topological polar surface area (TPSA) is 65.0 Å². The molecule has 2 unspecified atom stereocenters. The highest BCUT2D eigenvalue weighted by atomic mass is 16.5. The predicted octanol–water partition coefficient (Wildman–Crippen LogP) is -0.570. The molecule has 0 saturated carbocycles. The molecule has 3 N–H and O–H groups in total. The minimum atomic E-state index is -0.342. The molecule has 0 bridgehead atoms. The van der Waals surface area contributed by atoms with Gasteiger partial charge in [0.05, 0.1) is 12.7 Å². The first-order chi connectivity index (χ1) is 8.26. The van der Waals surface area contributed by atoms with Crippen molar-refractivity contribution in [2.75, 3.05) is 46.5 Å². The molecule has 1 aliphatic rings. The summed E-state index contributed by atoms with van der Waals surface area (Å²) in [4.78, 5) is 2.30. The maximum Gasteiger partial charge on any atom is 0.0791 e. The molecule has 1 rings (SSSR count). The lowest BCUT2D eigenvalue weighted by Gasteiger charge is -2.22. The van der Waals surface area contributed by atoms with Crippen LogP contribution in [0.4, 0.5) is 0 Å². The predicted molar refractivity (Wildman–Crippen MR) is 67.1 cm³/mol. The van der Waals surface area contributed by atoms with Crippen molar-refractivity contribution in [1.82, 2.24) is 10.2 Å². The summed E-state index contributed by atoms with van der Waals surface area (Å²) in [5, 5.41) is 22.0. The first kappa shape index (κ1) is 14.9. The standard InChI is InChI=1S/C12H26N2O3/c1-17-10-11(4-7-15)13-8-12(16)9-14-5-2-3-6-14/h11-13,15-16H,2-10H2,1H3. The van der Waals surface area contributed by atoms with E-state index >= 15 is 0 Å². The molecule has 1 saturated heterocycles. The maximum absolute atomic E-state index is 9.89. The summed E-state index contributed by atoms with van der Waals surface area (Å²) in [5.74, 6) is 0. The highest BCUT2D eigenvalue weighted by Gasteiger charge is 2.16. The lowest BCUT2D eigenvalue weighted by Crippen LogP contribution is -2.42. The Balaban J connectivity index is 2.13. The molecule has 0 aliphatic carbocycles. The molecule has 0 aromatic rings. The summed E-state index contributed by atoms with van der Waals surface area (Å²) in [6.07, 6.45) is 2.81. The van der Waals surface area contributed by atoms with Gasteiger partial charge in [0.2, 0.25) is 0 Å². The van der Waals surface area contributed by atoms with Gasteiger partial charge < -0.3 is 25.2 Å². The highest BCUT2D eigenvalue weighted by Crippen LogP contribution is 2.07. The Kier molecular flexibility index (Phi) is 7.72. The maximum atomic E-state index is 9.89. The van der Waals surface area contributed by atoms with Crippen LogP contribution in [0.3, 0.4) is 0 Å². The number of hydrogen-bond acceptors (Lipinski definition) is 5. The Morgan fingerprint density at radius 1 is 1.35 bits per heavy atom. The van der Waals surface area contributed by atoms with Gasteiger partial charge in [-0.15, -0.1) is 0 Å². The molecule has 0 amide bonds. The van der Waals surface area contributed by atoms with Crippen LogP contribution in [0.15, 0.2) is 0 Å². The Morgan fingerprint density at radius 2 is 2.06 bits per heavy atom. The molecule has 1 fully saturated rings. The minimum absolute atomic E-state index is 0.123. The average molecular weight is 246 g/mol. The number of aliphatic hydroxyl groups excluding tert-OH is 2. The SMILES string of the molecule is COCC(CCO)NCC(O)CN1CCCC1. The van der Waals surface area contributed by atoms with Gasteiger partial charge in [0.1, 0.15) is 0 Å². The fourth-order valence-corrected chi connectivity index (χ4v) is 2.23. The molecule has 2 atom stereocenters. The minimum Gasteiger partial charge on any atom is -0.396 e. The molecule has 0 radical (unpaired) electrons. The van der Waals surface area contributed by atoms with E-state index in [2.05, 4.69) is 10.2 Å². The lowest BCUT2D eigenvalue weighted by molar-refractivity contribution is 0.104. The van der Waals surface area contributed by atoms with Gasteiger partial charge in [-0.3, -0.25) is 0 Å². The highest BCUT2D eigenvalue weighted by molar-refractivity contribution is 4.74. The number of aliphatic hydroxyl groups is 2. The molecule has 0 aromatic heterocycles. The number of hydrogen-bond donors (Lipinski definition) is 3. The van der Waals surface area contributed by atoms with E-state index in [4.69, 9.17) is 9.84 Å². The van der Waals surface area contributed by atoms with Crippen molar-refractivity contribution < 1.29 is 14.9 Å².